The zero-order valence-electron chi connectivity index (χ0n) is 12.3. The molecule has 0 bridgehead atoms. The smallest absolute Gasteiger partial charge is 0.244 e. The van der Waals surface area contributed by atoms with Gasteiger partial charge in [0.15, 0.2) is 0 Å². The highest BCUT2D eigenvalue weighted by Crippen LogP contribution is 2.27. The molecule has 0 aromatic carbocycles. The molecule has 1 saturated heterocycles. The molecule has 1 atom stereocenters. The number of nitrogens with zero attached hydrogens (tertiary/aromatic N) is 3. The Labute approximate surface area is 114 Å². The maximum absolute atomic E-state index is 12.3. The van der Waals surface area contributed by atoms with Gasteiger partial charge in [0.25, 0.3) is 0 Å². The summed E-state index contributed by atoms with van der Waals surface area (Å²) in [4.78, 5) is 14.3. The first-order valence-corrected chi connectivity index (χ1v) is 6.84. The number of aryl methyl sites for hydroxylation is 2. The molecule has 1 aliphatic rings. The van der Waals surface area contributed by atoms with Gasteiger partial charge in [0, 0.05) is 24.8 Å². The first-order valence-electron chi connectivity index (χ1n) is 6.84. The maximum Gasteiger partial charge on any atom is 0.244 e. The molecule has 2 heterocycles. The van der Waals surface area contributed by atoms with Gasteiger partial charge in [-0.1, -0.05) is 13.8 Å². The number of rotatable bonds is 2. The second kappa shape index (κ2) is 4.96. The highest BCUT2D eigenvalue weighted by molar-refractivity contribution is 5.76. The Balaban J connectivity index is 2.03. The number of aromatic nitrogens is 2. The van der Waals surface area contributed by atoms with Gasteiger partial charge in [0.05, 0.1) is 5.69 Å². The lowest BCUT2D eigenvalue weighted by atomic mass is 9.79. The van der Waals surface area contributed by atoms with E-state index in [0.29, 0.717) is 6.54 Å². The summed E-state index contributed by atoms with van der Waals surface area (Å²) < 4.78 is 1.78. The van der Waals surface area contributed by atoms with Crippen LogP contribution in [0.4, 0.5) is 0 Å². The van der Waals surface area contributed by atoms with E-state index in [2.05, 4.69) is 18.9 Å². The third-order valence-corrected chi connectivity index (χ3v) is 4.05. The molecule has 5 nitrogen and oxygen atoms in total. The Hall–Kier alpha value is -1.36. The summed E-state index contributed by atoms with van der Waals surface area (Å²) in [6, 6.07) is 2.16. The molecule has 106 valence electrons. The molecular formula is C14H24N4O. The molecule has 2 rings (SSSR count). The lowest BCUT2D eigenvalue weighted by molar-refractivity contribution is -0.135. The average molecular weight is 264 g/mol. The maximum atomic E-state index is 12.3. The van der Waals surface area contributed by atoms with Crippen LogP contribution in [0.1, 0.15) is 31.7 Å². The van der Waals surface area contributed by atoms with Crippen molar-refractivity contribution in [3.8, 4) is 0 Å². The first-order chi connectivity index (χ1) is 8.79. The standard InChI is InChI=1S/C14H24N4O/c1-10-7-11(2)18(16-10)8-13(19)17-6-5-12(15)14(3,4)9-17/h7,12H,5-6,8-9,15H2,1-4H3. The molecule has 1 amide bonds. The van der Waals surface area contributed by atoms with Crippen molar-refractivity contribution in [2.75, 3.05) is 13.1 Å². The third-order valence-electron chi connectivity index (χ3n) is 4.05. The predicted molar refractivity (Wildman–Crippen MR) is 74.7 cm³/mol. The quantitative estimate of drug-likeness (QED) is 0.869. The lowest BCUT2D eigenvalue weighted by Gasteiger charge is -2.42. The van der Waals surface area contributed by atoms with Crippen LogP contribution in [0.2, 0.25) is 0 Å². The molecule has 1 unspecified atom stereocenters. The van der Waals surface area contributed by atoms with Crippen LogP contribution in [0.5, 0.6) is 0 Å². The van der Waals surface area contributed by atoms with Gasteiger partial charge in [-0.25, -0.2) is 0 Å². The van der Waals surface area contributed by atoms with Gasteiger partial charge < -0.3 is 10.6 Å². The van der Waals surface area contributed by atoms with E-state index in [0.717, 1.165) is 30.9 Å². The fourth-order valence-electron chi connectivity index (χ4n) is 2.65. The second-order valence-corrected chi connectivity index (χ2v) is 6.28. The minimum Gasteiger partial charge on any atom is -0.340 e. The van der Waals surface area contributed by atoms with Gasteiger partial charge in [0.1, 0.15) is 6.54 Å². The molecular weight excluding hydrogens is 240 g/mol. The van der Waals surface area contributed by atoms with E-state index >= 15 is 0 Å². The first kappa shape index (κ1) is 14.1. The largest absolute Gasteiger partial charge is 0.340 e. The Morgan fingerprint density at radius 3 is 2.74 bits per heavy atom. The van der Waals surface area contributed by atoms with Crippen molar-refractivity contribution in [2.45, 2.75) is 46.7 Å². The van der Waals surface area contributed by atoms with Crippen LogP contribution in [0.25, 0.3) is 0 Å². The van der Waals surface area contributed by atoms with Crippen molar-refractivity contribution in [2.24, 2.45) is 11.1 Å². The zero-order chi connectivity index (χ0) is 14.2. The molecule has 1 aliphatic heterocycles. The minimum absolute atomic E-state index is 0.0109. The average Bonchev–Trinajstić information content (AvgIpc) is 2.61. The van der Waals surface area contributed by atoms with Crippen LogP contribution in [-0.4, -0.2) is 39.7 Å². The predicted octanol–water partition coefficient (Wildman–Crippen LogP) is 1.09. The molecule has 0 radical (unpaired) electrons. The second-order valence-electron chi connectivity index (χ2n) is 6.28. The van der Waals surface area contributed by atoms with Crippen LogP contribution in [-0.2, 0) is 11.3 Å². The molecule has 1 aromatic rings. The number of hydrogen-bond acceptors (Lipinski definition) is 3. The molecule has 5 heteroatoms. The molecule has 1 fully saturated rings. The number of amides is 1. The van der Waals surface area contributed by atoms with Gasteiger partial charge in [0.2, 0.25) is 5.91 Å². The van der Waals surface area contributed by atoms with E-state index in [4.69, 9.17) is 5.73 Å². The Morgan fingerprint density at radius 1 is 1.53 bits per heavy atom. The van der Waals surface area contributed by atoms with Crippen LogP contribution < -0.4 is 5.73 Å². The van der Waals surface area contributed by atoms with Crippen LogP contribution in [0.3, 0.4) is 0 Å². The number of likely N-dealkylation sites (tertiary alicyclic amines) is 1. The van der Waals surface area contributed by atoms with Gasteiger partial charge in [-0.15, -0.1) is 0 Å². The topological polar surface area (TPSA) is 64.2 Å². The highest BCUT2D eigenvalue weighted by atomic mass is 16.2. The van der Waals surface area contributed by atoms with E-state index in [1.165, 1.54) is 0 Å². The summed E-state index contributed by atoms with van der Waals surface area (Å²) in [6.45, 7) is 9.97. The summed E-state index contributed by atoms with van der Waals surface area (Å²) in [5.74, 6) is 0.131. The Kier molecular flexibility index (Phi) is 3.67. The van der Waals surface area contributed by atoms with Gasteiger partial charge >= 0.3 is 0 Å². The van der Waals surface area contributed by atoms with Gasteiger partial charge in [-0.05, 0) is 31.7 Å². The number of hydrogen-bond donors (Lipinski definition) is 1. The monoisotopic (exact) mass is 264 g/mol. The molecule has 0 aliphatic carbocycles. The fourth-order valence-corrected chi connectivity index (χ4v) is 2.65. The Bertz CT molecular complexity index is 478. The number of nitrogens with two attached hydrogens (primary N) is 1. The molecule has 0 saturated carbocycles. The van der Waals surface area contributed by atoms with Gasteiger partial charge in [-0.3, -0.25) is 9.48 Å². The molecule has 2 N–H and O–H groups in total. The van der Waals surface area contributed by atoms with Crippen molar-refractivity contribution in [3.05, 3.63) is 17.5 Å². The minimum atomic E-state index is -0.0109. The fraction of sp³-hybridized carbons (Fsp3) is 0.714. The molecule has 0 spiro atoms. The van der Waals surface area contributed by atoms with Crippen LogP contribution in [0, 0.1) is 19.3 Å². The molecule has 19 heavy (non-hydrogen) atoms. The van der Waals surface area contributed by atoms with Crippen molar-refractivity contribution in [3.63, 3.8) is 0 Å². The van der Waals surface area contributed by atoms with Crippen molar-refractivity contribution in [1.82, 2.24) is 14.7 Å². The third kappa shape index (κ3) is 2.97. The van der Waals surface area contributed by atoms with E-state index in [1.807, 2.05) is 24.8 Å². The van der Waals surface area contributed by atoms with Gasteiger partial charge in [-0.2, -0.15) is 5.10 Å². The number of carbonyl (C=O) groups excluding carboxylic acids is 1. The van der Waals surface area contributed by atoms with E-state index < -0.39 is 0 Å². The Morgan fingerprint density at radius 2 is 2.21 bits per heavy atom. The number of carbonyl (C=O) groups is 1. The van der Waals surface area contributed by atoms with Crippen molar-refractivity contribution in [1.29, 1.82) is 0 Å². The summed E-state index contributed by atoms with van der Waals surface area (Å²) >= 11 is 0. The van der Waals surface area contributed by atoms with E-state index in [9.17, 15) is 4.79 Å². The summed E-state index contributed by atoms with van der Waals surface area (Å²) in [6.07, 6.45) is 0.871. The van der Waals surface area contributed by atoms with Crippen LogP contribution in [0.15, 0.2) is 6.07 Å². The normalized spacial score (nSPS) is 22.6. The lowest BCUT2D eigenvalue weighted by Crippen LogP contribution is -2.54. The highest BCUT2D eigenvalue weighted by Gasteiger charge is 2.35. The van der Waals surface area contributed by atoms with Crippen molar-refractivity contribution < 1.29 is 4.79 Å². The molecule has 1 aromatic heterocycles. The van der Waals surface area contributed by atoms with Crippen LogP contribution >= 0.6 is 0 Å². The van der Waals surface area contributed by atoms with E-state index in [1.54, 1.807) is 4.68 Å². The zero-order valence-corrected chi connectivity index (χ0v) is 12.3. The summed E-state index contributed by atoms with van der Waals surface area (Å²) in [7, 11) is 0. The summed E-state index contributed by atoms with van der Waals surface area (Å²) in [5, 5.41) is 4.34. The SMILES string of the molecule is Cc1cc(C)n(CC(=O)N2CCC(N)C(C)(C)C2)n1. The summed E-state index contributed by atoms with van der Waals surface area (Å²) in [5.41, 5.74) is 8.07. The number of piperidine rings is 1. The van der Waals surface area contributed by atoms with Crippen molar-refractivity contribution >= 4 is 5.91 Å². The van der Waals surface area contributed by atoms with E-state index in [-0.39, 0.29) is 17.4 Å².